The zero-order valence-corrected chi connectivity index (χ0v) is 15.8. The first-order valence-electron chi connectivity index (χ1n) is 8.87. The molecular weight excluding hydrogens is 292 g/mol. The number of benzene rings is 1. The van der Waals surface area contributed by atoms with Crippen LogP contribution in [0.2, 0.25) is 0 Å². The Bertz CT molecular complexity index is 838. The molecule has 2 heteroatoms. The quantitative estimate of drug-likeness (QED) is 0.638. The fourth-order valence-electron chi connectivity index (χ4n) is 3.30. The minimum Gasteiger partial charge on any atom is -0.249 e. The Kier molecular flexibility index (Phi) is 4.11. The van der Waals surface area contributed by atoms with Crippen molar-refractivity contribution in [2.75, 3.05) is 0 Å². The Hall–Kier alpha value is -1.96. The lowest BCUT2D eigenvalue weighted by atomic mass is 9.67. The molecule has 1 aliphatic carbocycles. The first-order chi connectivity index (χ1) is 11.2. The van der Waals surface area contributed by atoms with E-state index in [0.29, 0.717) is 0 Å². The van der Waals surface area contributed by atoms with Crippen molar-refractivity contribution in [3.05, 3.63) is 52.9 Å². The van der Waals surface area contributed by atoms with Gasteiger partial charge in [-0.05, 0) is 44.4 Å². The average Bonchev–Trinajstić information content (AvgIpc) is 2.55. The fraction of sp³-hybridized carbons (Fsp3) is 0.455. The van der Waals surface area contributed by atoms with Gasteiger partial charge in [0, 0.05) is 10.8 Å². The van der Waals surface area contributed by atoms with Crippen LogP contribution in [-0.4, -0.2) is 9.97 Å². The van der Waals surface area contributed by atoms with Crippen LogP contribution in [0.4, 0.5) is 0 Å². The lowest BCUT2D eigenvalue weighted by Crippen LogP contribution is -2.36. The molecule has 0 saturated heterocycles. The third-order valence-corrected chi connectivity index (χ3v) is 5.34. The van der Waals surface area contributed by atoms with E-state index in [1.165, 1.54) is 22.5 Å². The molecule has 0 unspecified atom stereocenters. The normalized spacial score (nSPS) is 19.7. The second kappa shape index (κ2) is 5.84. The zero-order valence-electron chi connectivity index (χ0n) is 15.8. The summed E-state index contributed by atoms with van der Waals surface area (Å²) in [6.07, 6.45) is 8.72. The highest BCUT2D eigenvalue weighted by molar-refractivity contribution is 5.78. The van der Waals surface area contributed by atoms with Crippen LogP contribution in [0.5, 0.6) is 0 Å². The van der Waals surface area contributed by atoms with Crippen LogP contribution in [0, 0.1) is 0 Å². The lowest BCUT2D eigenvalue weighted by molar-refractivity contribution is 0.316. The summed E-state index contributed by atoms with van der Waals surface area (Å²) >= 11 is 0. The molecule has 3 rings (SSSR count). The molecule has 1 aromatic heterocycles. The van der Waals surface area contributed by atoms with Gasteiger partial charge in [0.2, 0.25) is 0 Å². The molecule has 1 aliphatic rings. The molecule has 0 saturated carbocycles. The van der Waals surface area contributed by atoms with Gasteiger partial charge in [0.15, 0.2) is 0 Å². The van der Waals surface area contributed by atoms with Crippen molar-refractivity contribution < 1.29 is 0 Å². The summed E-state index contributed by atoms with van der Waals surface area (Å²) in [6, 6.07) is 6.38. The third kappa shape index (κ3) is 3.02. The van der Waals surface area contributed by atoms with E-state index in [2.05, 4.69) is 78.0 Å². The predicted octanol–water partition coefficient (Wildman–Crippen LogP) is 5.96. The summed E-state index contributed by atoms with van der Waals surface area (Å²) in [5.41, 5.74) is 6.99. The molecular formula is C22H28N2. The summed E-state index contributed by atoms with van der Waals surface area (Å²) in [7, 11) is 0. The van der Waals surface area contributed by atoms with Crippen molar-refractivity contribution in [1.82, 2.24) is 9.97 Å². The average molecular weight is 320 g/mol. The third-order valence-electron chi connectivity index (χ3n) is 5.34. The minimum absolute atomic E-state index is 0.0967. The first-order valence-corrected chi connectivity index (χ1v) is 8.87. The smallest absolute Gasteiger partial charge is 0.0896 e. The van der Waals surface area contributed by atoms with E-state index in [4.69, 9.17) is 9.97 Å². The van der Waals surface area contributed by atoms with Crippen LogP contribution in [0.25, 0.3) is 17.1 Å². The molecule has 2 nitrogen and oxygen atoms in total. The van der Waals surface area contributed by atoms with Crippen LogP contribution in [0.1, 0.15) is 71.3 Å². The second-order valence-corrected chi connectivity index (χ2v) is 8.30. The van der Waals surface area contributed by atoms with Crippen molar-refractivity contribution in [3.63, 3.8) is 0 Å². The Balaban J connectivity index is 2.14. The highest BCUT2D eigenvalue weighted by atomic mass is 14.9. The Labute approximate surface area is 145 Å². The lowest BCUT2D eigenvalue weighted by Gasteiger charge is -2.39. The summed E-state index contributed by atoms with van der Waals surface area (Å²) in [5, 5.41) is 0. The molecule has 0 bridgehead atoms. The zero-order chi connectivity index (χ0) is 17.5. The van der Waals surface area contributed by atoms with Gasteiger partial charge in [-0.1, -0.05) is 57.6 Å². The number of hydrogen-bond donors (Lipinski definition) is 0. The number of allylic oxidation sites excluding steroid dienone is 3. The Morgan fingerprint density at radius 1 is 0.958 bits per heavy atom. The van der Waals surface area contributed by atoms with Crippen LogP contribution < -0.4 is 0 Å². The molecule has 0 fully saturated rings. The van der Waals surface area contributed by atoms with Gasteiger partial charge in [-0.15, -0.1) is 0 Å². The van der Waals surface area contributed by atoms with Crippen molar-refractivity contribution in [2.24, 2.45) is 0 Å². The van der Waals surface area contributed by atoms with Crippen LogP contribution in [0.15, 0.2) is 35.9 Å². The monoisotopic (exact) mass is 320 g/mol. The standard InChI is InChI=1S/C22H28N2/c1-7-15(2)8-9-16-10-11-17-18(14-16)24-20-19(23-17)21(3,4)12-13-22(20,5)6/h7-11,14H,12-13H2,1-6H3/b9-8+,15-7+. The number of fused-ring (bicyclic) bond motifs is 2. The molecule has 1 aromatic carbocycles. The molecule has 24 heavy (non-hydrogen) atoms. The van der Waals surface area contributed by atoms with Crippen molar-refractivity contribution in [3.8, 4) is 0 Å². The molecule has 0 atom stereocenters. The number of aromatic nitrogens is 2. The van der Waals surface area contributed by atoms with Crippen molar-refractivity contribution >= 4 is 17.1 Å². The van der Waals surface area contributed by atoms with Gasteiger partial charge in [-0.25, -0.2) is 9.97 Å². The molecule has 0 aliphatic heterocycles. The van der Waals surface area contributed by atoms with Gasteiger partial charge in [-0.2, -0.15) is 0 Å². The van der Waals surface area contributed by atoms with E-state index < -0.39 is 0 Å². The van der Waals surface area contributed by atoms with Gasteiger partial charge in [0.25, 0.3) is 0 Å². The van der Waals surface area contributed by atoms with Crippen LogP contribution in [0.3, 0.4) is 0 Å². The highest BCUT2D eigenvalue weighted by Crippen LogP contribution is 2.44. The maximum atomic E-state index is 5.06. The Morgan fingerprint density at radius 3 is 2.12 bits per heavy atom. The second-order valence-electron chi connectivity index (χ2n) is 8.30. The first kappa shape index (κ1) is 16.9. The van der Waals surface area contributed by atoms with Gasteiger partial charge in [-0.3, -0.25) is 0 Å². The van der Waals surface area contributed by atoms with E-state index in [9.17, 15) is 0 Å². The van der Waals surface area contributed by atoms with E-state index >= 15 is 0 Å². The summed E-state index contributed by atoms with van der Waals surface area (Å²) in [4.78, 5) is 10.1. The number of hydrogen-bond acceptors (Lipinski definition) is 2. The van der Waals surface area contributed by atoms with E-state index in [0.717, 1.165) is 23.9 Å². The maximum Gasteiger partial charge on any atom is 0.0896 e. The Morgan fingerprint density at radius 2 is 1.54 bits per heavy atom. The number of rotatable bonds is 2. The predicted molar refractivity (Wildman–Crippen MR) is 103 cm³/mol. The van der Waals surface area contributed by atoms with Gasteiger partial charge < -0.3 is 0 Å². The molecule has 0 amide bonds. The summed E-state index contributed by atoms with van der Waals surface area (Å²) in [5.74, 6) is 0. The van der Waals surface area contributed by atoms with Gasteiger partial charge in [0.1, 0.15) is 0 Å². The van der Waals surface area contributed by atoms with E-state index in [-0.39, 0.29) is 10.8 Å². The van der Waals surface area contributed by atoms with Crippen LogP contribution >= 0.6 is 0 Å². The summed E-state index contributed by atoms with van der Waals surface area (Å²) < 4.78 is 0. The minimum atomic E-state index is 0.0967. The van der Waals surface area contributed by atoms with Crippen molar-refractivity contribution in [1.29, 1.82) is 0 Å². The van der Waals surface area contributed by atoms with Crippen molar-refractivity contribution in [2.45, 2.75) is 65.2 Å². The number of nitrogens with zero attached hydrogens (tertiary/aromatic N) is 2. The van der Waals surface area contributed by atoms with Gasteiger partial charge >= 0.3 is 0 Å². The van der Waals surface area contributed by atoms with Gasteiger partial charge in [0.05, 0.1) is 22.4 Å². The molecule has 0 spiro atoms. The molecule has 2 aromatic rings. The topological polar surface area (TPSA) is 25.8 Å². The SMILES string of the molecule is C/C=C(C)/C=C/c1ccc2nc3c(nc2c1)C(C)(C)CCC3(C)C. The maximum absolute atomic E-state index is 5.06. The molecule has 126 valence electrons. The molecule has 1 heterocycles. The van der Waals surface area contributed by atoms with Crippen LogP contribution in [-0.2, 0) is 10.8 Å². The highest BCUT2D eigenvalue weighted by Gasteiger charge is 2.39. The molecule has 0 N–H and O–H groups in total. The van der Waals surface area contributed by atoms with E-state index in [1.807, 2.05) is 0 Å². The largest absolute Gasteiger partial charge is 0.249 e. The summed E-state index contributed by atoms with van der Waals surface area (Å²) in [6.45, 7) is 13.3. The fourth-order valence-corrected chi connectivity index (χ4v) is 3.30. The van der Waals surface area contributed by atoms with E-state index in [1.54, 1.807) is 0 Å². The molecule has 0 radical (unpaired) electrons.